The van der Waals surface area contributed by atoms with Crippen LogP contribution in [0.25, 0.3) is 0 Å². The van der Waals surface area contributed by atoms with Gasteiger partial charge in [-0.3, -0.25) is 8.98 Å². The van der Waals surface area contributed by atoms with Crippen molar-refractivity contribution in [2.45, 2.75) is 40.2 Å². The number of carbonyl (C=O) groups excluding carboxylic acids is 1. The minimum atomic E-state index is -3.49. The number of rotatable bonds is 9. The highest BCUT2D eigenvalue weighted by molar-refractivity contribution is 7.85. The summed E-state index contributed by atoms with van der Waals surface area (Å²) in [5.41, 5.74) is 0.171. The molecule has 0 bridgehead atoms. The van der Waals surface area contributed by atoms with Crippen molar-refractivity contribution in [1.29, 1.82) is 0 Å². The molecule has 0 aliphatic heterocycles. The van der Waals surface area contributed by atoms with E-state index in [-0.39, 0.29) is 19.2 Å². The normalized spacial score (nSPS) is 13.4. The maximum atomic E-state index is 12.2. The van der Waals surface area contributed by atoms with Crippen molar-refractivity contribution in [2.75, 3.05) is 19.5 Å². The summed E-state index contributed by atoms with van der Waals surface area (Å²) >= 11 is 0. The van der Waals surface area contributed by atoms with Crippen molar-refractivity contribution in [2.24, 2.45) is 5.41 Å². The van der Waals surface area contributed by atoms with Gasteiger partial charge in [0.2, 0.25) is 0 Å². The molecular formula is C17H26O6S. The summed E-state index contributed by atoms with van der Waals surface area (Å²) in [6.45, 7) is 7.39. The van der Waals surface area contributed by atoms with Gasteiger partial charge in [0.15, 0.2) is 0 Å². The predicted octanol–water partition coefficient (Wildman–Crippen LogP) is 3.08. The van der Waals surface area contributed by atoms with Crippen LogP contribution in [0, 0.1) is 5.41 Å². The van der Waals surface area contributed by atoms with E-state index in [9.17, 15) is 13.2 Å². The Kier molecular flexibility index (Phi) is 7.23. The van der Waals surface area contributed by atoms with Crippen LogP contribution in [0.4, 0.5) is 0 Å². The van der Waals surface area contributed by atoms with E-state index in [1.165, 1.54) is 0 Å². The van der Waals surface area contributed by atoms with E-state index in [2.05, 4.69) is 4.18 Å². The summed E-state index contributed by atoms with van der Waals surface area (Å²) in [5, 5.41) is 0. The third kappa shape index (κ3) is 6.49. The highest BCUT2D eigenvalue weighted by Crippen LogP contribution is 2.30. The summed E-state index contributed by atoms with van der Waals surface area (Å²) in [4.78, 5) is 12.2. The van der Waals surface area contributed by atoms with Crippen LogP contribution in [0.3, 0.4) is 0 Å². The van der Waals surface area contributed by atoms with Gasteiger partial charge in [-0.05, 0) is 33.3 Å². The number of benzene rings is 1. The van der Waals surface area contributed by atoms with Gasteiger partial charge in [0.1, 0.15) is 25.1 Å². The molecule has 6 nitrogen and oxygen atoms in total. The number of esters is 1. The summed E-state index contributed by atoms with van der Waals surface area (Å²) in [6, 6.07) is 7.17. The van der Waals surface area contributed by atoms with Crippen molar-refractivity contribution in [3.63, 3.8) is 0 Å². The number of para-hydroxylation sites is 1. The summed E-state index contributed by atoms with van der Waals surface area (Å²) < 4.78 is 37.6. The van der Waals surface area contributed by atoms with Crippen molar-refractivity contribution >= 4 is 16.1 Å². The van der Waals surface area contributed by atoms with E-state index in [4.69, 9.17) is 9.47 Å². The first kappa shape index (κ1) is 20.4. The molecule has 0 spiro atoms. The Balaban J connectivity index is 2.73. The molecule has 7 heteroatoms. The van der Waals surface area contributed by atoms with Gasteiger partial charge in [0, 0.05) is 5.56 Å². The van der Waals surface area contributed by atoms with Crippen LogP contribution in [-0.2, 0) is 23.8 Å². The molecule has 0 radical (unpaired) electrons. The standard InChI is InChI=1S/C17H26O6S/c1-6-17(3,4)16(18)23-13(2)14-9-7-8-10-15(14)21-11-12-22-24(5,19)20/h7-10,13H,6,11-12H2,1-5H3. The van der Waals surface area contributed by atoms with Crippen LogP contribution < -0.4 is 4.74 Å². The molecule has 0 fully saturated rings. The zero-order valence-corrected chi connectivity index (χ0v) is 15.7. The predicted molar refractivity (Wildman–Crippen MR) is 91.3 cm³/mol. The summed E-state index contributed by atoms with van der Waals surface area (Å²) in [6.07, 6.45) is 1.19. The highest BCUT2D eigenvalue weighted by atomic mass is 32.2. The third-order valence-electron chi connectivity index (χ3n) is 3.72. The molecule has 24 heavy (non-hydrogen) atoms. The topological polar surface area (TPSA) is 78.9 Å². The monoisotopic (exact) mass is 358 g/mol. The fraction of sp³-hybridized carbons (Fsp3) is 0.588. The molecule has 0 heterocycles. The fourth-order valence-corrected chi connectivity index (χ4v) is 2.18. The van der Waals surface area contributed by atoms with E-state index in [0.29, 0.717) is 12.2 Å². The Morgan fingerprint density at radius 1 is 1.21 bits per heavy atom. The van der Waals surface area contributed by atoms with Crippen LogP contribution >= 0.6 is 0 Å². The minimum absolute atomic E-state index is 0.0746. The Hall–Kier alpha value is -1.60. The molecular weight excluding hydrogens is 332 g/mol. The Bertz CT molecular complexity index is 651. The van der Waals surface area contributed by atoms with Gasteiger partial charge in [-0.1, -0.05) is 25.1 Å². The lowest BCUT2D eigenvalue weighted by molar-refractivity contribution is -0.159. The molecule has 0 amide bonds. The quantitative estimate of drug-likeness (QED) is 0.383. The van der Waals surface area contributed by atoms with E-state index in [0.717, 1.165) is 11.8 Å². The second-order valence-electron chi connectivity index (χ2n) is 6.20. The van der Waals surface area contributed by atoms with Crippen LogP contribution in [0.5, 0.6) is 5.75 Å². The molecule has 0 aromatic heterocycles. The van der Waals surface area contributed by atoms with Crippen LogP contribution in [-0.4, -0.2) is 33.9 Å². The smallest absolute Gasteiger partial charge is 0.312 e. The molecule has 1 unspecified atom stereocenters. The Morgan fingerprint density at radius 3 is 2.42 bits per heavy atom. The lowest BCUT2D eigenvalue weighted by Crippen LogP contribution is -2.27. The van der Waals surface area contributed by atoms with Crippen molar-refractivity contribution in [1.82, 2.24) is 0 Å². The van der Waals surface area contributed by atoms with E-state index in [1.807, 2.05) is 32.9 Å². The molecule has 1 atom stereocenters. The van der Waals surface area contributed by atoms with Crippen molar-refractivity contribution in [3.05, 3.63) is 29.8 Å². The minimum Gasteiger partial charge on any atom is -0.491 e. The van der Waals surface area contributed by atoms with Gasteiger partial charge in [-0.15, -0.1) is 0 Å². The molecule has 1 aromatic carbocycles. The highest BCUT2D eigenvalue weighted by Gasteiger charge is 2.29. The number of ether oxygens (including phenoxy) is 2. The van der Waals surface area contributed by atoms with Gasteiger partial charge < -0.3 is 9.47 Å². The largest absolute Gasteiger partial charge is 0.491 e. The summed E-state index contributed by atoms with van der Waals surface area (Å²) in [7, 11) is -3.49. The van der Waals surface area contributed by atoms with E-state index in [1.54, 1.807) is 19.1 Å². The SMILES string of the molecule is CCC(C)(C)C(=O)OC(C)c1ccccc1OCCOS(C)(=O)=O. The first-order chi connectivity index (χ1) is 11.1. The second kappa shape index (κ2) is 8.48. The van der Waals surface area contributed by atoms with Gasteiger partial charge >= 0.3 is 5.97 Å². The van der Waals surface area contributed by atoms with E-state index >= 15 is 0 Å². The van der Waals surface area contributed by atoms with Crippen LogP contribution in [0.1, 0.15) is 45.8 Å². The van der Waals surface area contributed by atoms with E-state index < -0.39 is 21.6 Å². The van der Waals surface area contributed by atoms with Crippen molar-refractivity contribution < 1.29 is 26.9 Å². The maximum absolute atomic E-state index is 12.2. The molecule has 0 N–H and O–H groups in total. The lowest BCUT2D eigenvalue weighted by Gasteiger charge is -2.24. The Morgan fingerprint density at radius 2 is 1.83 bits per heavy atom. The van der Waals surface area contributed by atoms with Gasteiger partial charge in [-0.25, -0.2) is 0 Å². The molecule has 136 valence electrons. The first-order valence-electron chi connectivity index (χ1n) is 7.84. The maximum Gasteiger partial charge on any atom is 0.312 e. The zero-order chi connectivity index (χ0) is 18.4. The average molecular weight is 358 g/mol. The van der Waals surface area contributed by atoms with Crippen LogP contribution in [0.2, 0.25) is 0 Å². The van der Waals surface area contributed by atoms with Gasteiger partial charge in [0.25, 0.3) is 10.1 Å². The number of carbonyl (C=O) groups is 1. The molecule has 0 aliphatic carbocycles. The number of hydrogen-bond donors (Lipinski definition) is 0. The first-order valence-corrected chi connectivity index (χ1v) is 9.65. The van der Waals surface area contributed by atoms with Crippen molar-refractivity contribution in [3.8, 4) is 5.75 Å². The second-order valence-corrected chi connectivity index (χ2v) is 7.84. The molecule has 0 saturated carbocycles. The molecule has 1 rings (SSSR count). The number of hydrogen-bond acceptors (Lipinski definition) is 6. The average Bonchev–Trinajstić information content (AvgIpc) is 2.50. The Labute approximate surface area is 144 Å². The van der Waals surface area contributed by atoms with Gasteiger partial charge in [0.05, 0.1) is 11.7 Å². The fourth-order valence-electron chi connectivity index (χ4n) is 1.81. The third-order valence-corrected chi connectivity index (χ3v) is 4.31. The molecule has 1 aromatic rings. The molecule has 0 aliphatic rings. The lowest BCUT2D eigenvalue weighted by atomic mass is 9.90. The van der Waals surface area contributed by atoms with Crippen LogP contribution in [0.15, 0.2) is 24.3 Å². The van der Waals surface area contributed by atoms with Gasteiger partial charge in [-0.2, -0.15) is 8.42 Å². The summed E-state index contributed by atoms with van der Waals surface area (Å²) in [5.74, 6) is 0.261. The zero-order valence-electron chi connectivity index (χ0n) is 14.9. The molecule has 0 saturated heterocycles.